The van der Waals surface area contributed by atoms with Gasteiger partial charge in [0.2, 0.25) is 5.91 Å². The molecule has 0 saturated carbocycles. The van der Waals surface area contributed by atoms with Gasteiger partial charge in [-0.05, 0) is 30.7 Å². The maximum absolute atomic E-state index is 12.7. The Morgan fingerprint density at radius 2 is 1.78 bits per heavy atom. The third-order valence-corrected chi connectivity index (χ3v) is 4.05. The Kier molecular flexibility index (Phi) is 4.02. The van der Waals surface area contributed by atoms with Gasteiger partial charge in [0, 0.05) is 24.8 Å². The lowest BCUT2D eigenvalue weighted by Gasteiger charge is -2.24. The molecule has 1 unspecified atom stereocenters. The number of amides is 3. The van der Waals surface area contributed by atoms with E-state index < -0.39 is 6.04 Å². The largest absolute Gasteiger partial charge is 0.357 e. The van der Waals surface area contributed by atoms with Gasteiger partial charge in [-0.25, -0.2) is 4.79 Å². The van der Waals surface area contributed by atoms with Crippen LogP contribution in [0.15, 0.2) is 48.5 Å². The Bertz CT molecular complexity index is 740. The van der Waals surface area contributed by atoms with Gasteiger partial charge in [-0.3, -0.25) is 9.69 Å². The summed E-state index contributed by atoms with van der Waals surface area (Å²) in [5.41, 5.74) is 3.62. The molecule has 1 aliphatic rings. The first-order chi connectivity index (χ1) is 11.1. The predicted molar refractivity (Wildman–Crippen MR) is 90.7 cm³/mol. The SMILES string of the molecule is CNC(=O)C1Cc2ccccc2N1C(=O)Nc1ccc(C)cc1. The number of hydrogen-bond acceptors (Lipinski definition) is 2. The minimum Gasteiger partial charge on any atom is -0.357 e. The van der Waals surface area contributed by atoms with Crippen molar-refractivity contribution in [1.29, 1.82) is 0 Å². The number of carbonyl (C=O) groups is 2. The average Bonchev–Trinajstić information content (AvgIpc) is 2.95. The first kappa shape index (κ1) is 15.1. The van der Waals surface area contributed by atoms with E-state index in [1.54, 1.807) is 7.05 Å². The van der Waals surface area contributed by atoms with E-state index in [0.717, 1.165) is 16.8 Å². The second kappa shape index (κ2) is 6.12. The molecule has 23 heavy (non-hydrogen) atoms. The van der Waals surface area contributed by atoms with Gasteiger partial charge in [-0.2, -0.15) is 0 Å². The Labute approximate surface area is 135 Å². The van der Waals surface area contributed by atoms with Crippen LogP contribution in [-0.4, -0.2) is 25.0 Å². The van der Waals surface area contributed by atoms with Crippen molar-refractivity contribution in [1.82, 2.24) is 5.32 Å². The number of para-hydroxylation sites is 1. The van der Waals surface area contributed by atoms with Crippen molar-refractivity contribution in [3.05, 3.63) is 59.7 Å². The van der Waals surface area contributed by atoms with Gasteiger partial charge < -0.3 is 10.6 Å². The zero-order valence-corrected chi connectivity index (χ0v) is 13.2. The van der Waals surface area contributed by atoms with Crippen LogP contribution >= 0.6 is 0 Å². The predicted octanol–water partition coefficient (Wildman–Crippen LogP) is 2.70. The summed E-state index contributed by atoms with van der Waals surface area (Å²) in [6, 6.07) is 14.4. The van der Waals surface area contributed by atoms with Crippen LogP contribution in [0, 0.1) is 6.92 Å². The molecule has 118 valence electrons. The fraction of sp³-hybridized carbons (Fsp3) is 0.222. The molecule has 0 saturated heterocycles. The van der Waals surface area contributed by atoms with Crippen LogP contribution in [0.2, 0.25) is 0 Å². The van der Waals surface area contributed by atoms with Crippen molar-refractivity contribution in [2.24, 2.45) is 0 Å². The van der Waals surface area contributed by atoms with Crippen LogP contribution in [0.25, 0.3) is 0 Å². The molecule has 0 radical (unpaired) electrons. The molecule has 1 atom stereocenters. The van der Waals surface area contributed by atoms with Gasteiger partial charge in [-0.1, -0.05) is 35.9 Å². The summed E-state index contributed by atoms with van der Waals surface area (Å²) in [5, 5.41) is 5.51. The highest BCUT2D eigenvalue weighted by molar-refractivity contribution is 6.08. The summed E-state index contributed by atoms with van der Waals surface area (Å²) in [6.45, 7) is 1.99. The van der Waals surface area contributed by atoms with E-state index in [4.69, 9.17) is 0 Å². The van der Waals surface area contributed by atoms with Gasteiger partial charge >= 0.3 is 6.03 Å². The summed E-state index contributed by atoms with van der Waals surface area (Å²) in [4.78, 5) is 26.4. The molecule has 2 aromatic carbocycles. The summed E-state index contributed by atoms with van der Waals surface area (Å²) in [5.74, 6) is -0.166. The van der Waals surface area contributed by atoms with Crippen LogP contribution in [0.1, 0.15) is 11.1 Å². The second-order valence-electron chi connectivity index (χ2n) is 5.63. The standard InChI is InChI=1S/C18H19N3O2/c1-12-7-9-14(10-8-12)20-18(23)21-15-6-4-3-5-13(15)11-16(21)17(22)19-2/h3-10,16H,11H2,1-2H3,(H,19,22)(H,20,23). The fourth-order valence-corrected chi connectivity index (χ4v) is 2.83. The second-order valence-corrected chi connectivity index (χ2v) is 5.63. The Hall–Kier alpha value is -2.82. The number of nitrogens with zero attached hydrogens (tertiary/aromatic N) is 1. The zero-order valence-electron chi connectivity index (χ0n) is 13.2. The molecule has 0 aliphatic carbocycles. The van der Waals surface area contributed by atoms with Crippen LogP contribution in [0.4, 0.5) is 16.2 Å². The number of anilines is 2. The van der Waals surface area contributed by atoms with Gasteiger partial charge in [0.05, 0.1) is 0 Å². The lowest BCUT2D eigenvalue weighted by molar-refractivity contribution is -0.121. The number of benzene rings is 2. The topological polar surface area (TPSA) is 61.4 Å². The summed E-state index contributed by atoms with van der Waals surface area (Å²) in [6.07, 6.45) is 0.525. The summed E-state index contributed by atoms with van der Waals surface area (Å²) < 4.78 is 0. The van der Waals surface area contributed by atoms with Crippen LogP contribution in [0.5, 0.6) is 0 Å². The zero-order chi connectivity index (χ0) is 16.4. The number of fused-ring (bicyclic) bond motifs is 1. The van der Waals surface area contributed by atoms with Crippen molar-refractivity contribution < 1.29 is 9.59 Å². The number of nitrogens with one attached hydrogen (secondary N) is 2. The van der Waals surface area contributed by atoms with E-state index >= 15 is 0 Å². The maximum atomic E-state index is 12.7. The van der Waals surface area contributed by atoms with E-state index in [1.807, 2.05) is 55.5 Å². The van der Waals surface area contributed by atoms with E-state index in [2.05, 4.69) is 10.6 Å². The highest BCUT2D eigenvalue weighted by atomic mass is 16.2. The van der Waals surface area contributed by atoms with E-state index in [-0.39, 0.29) is 11.9 Å². The molecule has 1 aliphatic heterocycles. The van der Waals surface area contributed by atoms with Crippen molar-refractivity contribution in [2.75, 3.05) is 17.3 Å². The van der Waals surface area contributed by atoms with Gasteiger partial charge in [0.25, 0.3) is 0 Å². The number of rotatable bonds is 2. The lowest BCUT2D eigenvalue weighted by Crippen LogP contribution is -2.48. The molecule has 3 rings (SSSR count). The lowest BCUT2D eigenvalue weighted by atomic mass is 10.1. The van der Waals surface area contributed by atoms with Crippen molar-refractivity contribution in [2.45, 2.75) is 19.4 Å². The molecule has 0 spiro atoms. The third kappa shape index (κ3) is 2.90. The molecule has 1 heterocycles. The van der Waals surface area contributed by atoms with E-state index in [9.17, 15) is 9.59 Å². The number of carbonyl (C=O) groups excluding carboxylic acids is 2. The minimum atomic E-state index is -0.525. The van der Waals surface area contributed by atoms with E-state index in [1.165, 1.54) is 4.90 Å². The van der Waals surface area contributed by atoms with Crippen molar-refractivity contribution in [3.63, 3.8) is 0 Å². The van der Waals surface area contributed by atoms with Gasteiger partial charge in [0.15, 0.2) is 0 Å². The fourth-order valence-electron chi connectivity index (χ4n) is 2.83. The molecule has 2 N–H and O–H groups in total. The minimum absolute atomic E-state index is 0.166. The molecule has 2 aromatic rings. The van der Waals surface area contributed by atoms with Crippen LogP contribution < -0.4 is 15.5 Å². The maximum Gasteiger partial charge on any atom is 0.327 e. The number of aryl methyl sites for hydroxylation is 1. The van der Waals surface area contributed by atoms with Crippen molar-refractivity contribution in [3.8, 4) is 0 Å². The molecule has 5 nitrogen and oxygen atoms in total. The van der Waals surface area contributed by atoms with E-state index in [0.29, 0.717) is 12.1 Å². The highest BCUT2D eigenvalue weighted by Crippen LogP contribution is 2.32. The molecular weight excluding hydrogens is 290 g/mol. The third-order valence-electron chi connectivity index (χ3n) is 4.05. The number of urea groups is 1. The Morgan fingerprint density at radius 1 is 1.09 bits per heavy atom. The van der Waals surface area contributed by atoms with Crippen LogP contribution in [0.3, 0.4) is 0 Å². The Balaban J connectivity index is 1.89. The normalized spacial score (nSPS) is 15.9. The quantitative estimate of drug-likeness (QED) is 0.896. The van der Waals surface area contributed by atoms with Crippen molar-refractivity contribution >= 4 is 23.3 Å². The molecule has 0 fully saturated rings. The molecule has 3 amide bonds. The number of likely N-dealkylation sites (N-methyl/N-ethyl adjacent to an activating group) is 1. The molecular formula is C18H19N3O2. The Morgan fingerprint density at radius 3 is 2.48 bits per heavy atom. The summed E-state index contributed by atoms with van der Waals surface area (Å²) in [7, 11) is 1.58. The summed E-state index contributed by atoms with van der Waals surface area (Å²) >= 11 is 0. The first-order valence-electron chi connectivity index (χ1n) is 7.56. The molecule has 5 heteroatoms. The monoisotopic (exact) mass is 309 g/mol. The average molecular weight is 309 g/mol. The number of hydrogen-bond donors (Lipinski definition) is 2. The van der Waals surface area contributed by atoms with Gasteiger partial charge in [0.1, 0.15) is 6.04 Å². The molecule has 0 aromatic heterocycles. The molecule has 0 bridgehead atoms. The van der Waals surface area contributed by atoms with Gasteiger partial charge in [-0.15, -0.1) is 0 Å². The first-order valence-corrected chi connectivity index (χ1v) is 7.56. The van der Waals surface area contributed by atoms with Crippen LogP contribution in [-0.2, 0) is 11.2 Å². The smallest absolute Gasteiger partial charge is 0.327 e. The highest BCUT2D eigenvalue weighted by Gasteiger charge is 2.37.